The molecule has 1 unspecified atom stereocenters. The fraction of sp³-hybridized carbons (Fsp3) is 0.533. The average Bonchev–Trinajstić information content (AvgIpc) is 2.42. The van der Waals surface area contributed by atoms with Gasteiger partial charge in [0, 0.05) is 17.1 Å². The third kappa shape index (κ3) is 5.38. The second-order valence-electron chi connectivity index (χ2n) is 4.55. The molecule has 21 heavy (non-hydrogen) atoms. The second-order valence-corrected chi connectivity index (χ2v) is 5.40. The number of carbonyl (C=O) groups excluding carboxylic acids is 1. The van der Waals surface area contributed by atoms with Gasteiger partial charge in [-0.15, -0.1) is 0 Å². The van der Waals surface area contributed by atoms with Crippen molar-refractivity contribution < 1.29 is 14.3 Å². The molecule has 1 N–H and O–H groups in total. The molecule has 0 heterocycles. The highest BCUT2D eigenvalue weighted by Gasteiger charge is 2.23. The van der Waals surface area contributed by atoms with Crippen molar-refractivity contribution in [3.63, 3.8) is 0 Å². The number of esters is 1. The largest absolute Gasteiger partial charge is 0.477 e. The van der Waals surface area contributed by atoms with Crippen molar-refractivity contribution in [2.75, 3.05) is 13.7 Å². The van der Waals surface area contributed by atoms with E-state index in [1.807, 2.05) is 14.0 Å². The molecule has 1 aromatic carbocycles. The summed E-state index contributed by atoms with van der Waals surface area (Å²) < 4.78 is 10.9. The van der Waals surface area contributed by atoms with Crippen LogP contribution in [0.3, 0.4) is 0 Å². The SMILES string of the molecule is CCCC(Oc1c(Cl)cc(Cl)cc1CNC)C(=O)OCC. The van der Waals surface area contributed by atoms with Gasteiger partial charge in [-0.3, -0.25) is 0 Å². The predicted molar refractivity (Wildman–Crippen MR) is 85.2 cm³/mol. The lowest BCUT2D eigenvalue weighted by atomic mass is 10.1. The van der Waals surface area contributed by atoms with Crippen LogP contribution in [0.15, 0.2) is 12.1 Å². The first-order valence-electron chi connectivity index (χ1n) is 6.99. The molecule has 1 aromatic rings. The van der Waals surface area contributed by atoms with E-state index in [1.165, 1.54) is 0 Å². The first kappa shape index (κ1) is 18.1. The van der Waals surface area contributed by atoms with E-state index in [0.717, 1.165) is 12.0 Å². The van der Waals surface area contributed by atoms with Gasteiger partial charge in [-0.05, 0) is 32.5 Å². The molecule has 118 valence electrons. The summed E-state index contributed by atoms with van der Waals surface area (Å²) >= 11 is 12.2. The molecule has 0 aliphatic carbocycles. The van der Waals surface area contributed by atoms with Gasteiger partial charge in [0.05, 0.1) is 11.6 Å². The summed E-state index contributed by atoms with van der Waals surface area (Å²) in [6.07, 6.45) is 0.705. The topological polar surface area (TPSA) is 47.6 Å². The Morgan fingerprint density at radius 3 is 2.62 bits per heavy atom. The Kier molecular flexibility index (Phi) is 7.86. The molecular weight excluding hydrogens is 313 g/mol. The van der Waals surface area contributed by atoms with Gasteiger partial charge >= 0.3 is 5.97 Å². The fourth-order valence-corrected chi connectivity index (χ4v) is 2.51. The third-order valence-corrected chi connectivity index (χ3v) is 3.31. The number of benzene rings is 1. The molecule has 0 aliphatic rings. The summed E-state index contributed by atoms with van der Waals surface area (Å²) in [4.78, 5) is 12.0. The Bertz CT molecular complexity index is 480. The van der Waals surface area contributed by atoms with Crippen LogP contribution in [0.4, 0.5) is 0 Å². The van der Waals surface area contributed by atoms with Gasteiger partial charge in [0.25, 0.3) is 0 Å². The first-order chi connectivity index (χ1) is 10.0. The van der Waals surface area contributed by atoms with E-state index in [0.29, 0.717) is 35.4 Å². The van der Waals surface area contributed by atoms with Gasteiger partial charge in [-0.1, -0.05) is 36.5 Å². The Labute approximate surface area is 135 Å². The summed E-state index contributed by atoms with van der Waals surface area (Å²) in [5.41, 5.74) is 0.806. The number of nitrogens with one attached hydrogen (secondary N) is 1. The molecule has 1 atom stereocenters. The monoisotopic (exact) mass is 333 g/mol. The molecule has 0 amide bonds. The maximum atomic E-state index is 12.0. The molecule has 4 nitrogen and oxygen atoms in total. The minimum absolute atomic E-state index is 0.320. The van der Waals surface area contributed by atoms with Crippen LogP contribution in [0.2, 0.25) is 10.0 Å². The van der Waals surface area contributed by atoms with Crippen molar-refractivity contribution in [3.8, 4) is 5.75 Å². The van der Waals surface area contributed by atoms with Crippen molar-refractivity contribution in [1.82, 2.24) is 5.32 Å². The van der Waals surface area contributed by atoms with Gasteiger partial charge in [0.2, 0.25) is 0 Å². The fourth-order valence-electron chi connectivity index (χ4n) is 1.93. The standard InChI is InChI=1S/C15H21Cl2NO3/c1-4-6-13(15(19)20-5-2)21-14-10(9-18-3)7-11(16)8-12(14)17/h7-8,13,18H,4-6,9H2,1-3H3. The molecule has 0 fully saturated rings. The summed E-state index contributed by atoms with van der Waals surface area (Å²) in [6.45, 7) is 4.60. The smallest absolute Gasteiger partial charge is 0.347 e. The second kappa shape index (κ2) is 9.13. The lowest BCUT2D eigenvalue weighted by Gasteiger charge is -2.20. The van der Waals surface area contributed by atoms with Crippen molar-refractivity contribution in [2.45, 2.75) is 39.3 Å². The minimum Gasteiger partial charge on any atom is -0.477 e. The molecule has 0 bridgehead atoms. The van der Waals surface area contributed by atoms with E-state index in [1.54, 1.807) is 19.1 Å². The lowest BCUT2D eigenvalue weighted by Crippen LogP contribution is -2.30. The van der Waals surface area contributed by atoms with Crippen LogP contribution in [0, 0.1) is 0 Å². The van der Waals surface area contributed by atoms with Gasteiger partial charge in [-0.2, -0.15) is 0 Å². The number of halogens is 2. The van der Waals surface area contributed by atoms with Gasteiger partial charge < -0.3 is 14.8 Å². The Morgan fingerprint density at radius 2 is 2.05 bits per heavy atom. The minimum atomic E-state index is -0.663. The molecule has 0 saturated carbocycles. The number of hydrogen-bond donors (Lipinski definition) is 1. The molecular formula is C15H21Cl2NO3. The molecule has 6 heteroatoms. The number of rotatable bonds is 8. The van der Waals surface area contributed by atoms with Gasteiger partial charge in [-0.25, -0.2) is 4.79 Å². The zero-order valence-electron chi connectivity index (χ0n) is 12.5. The Hall–Kier alpha value is -0.970. The number of ether oxygens (including phenoxy) is 2. The van der Waals surface area contributed by atoms with E-state index in [4.69, 9.17) is 32.7 Å². The van der Waals surface area contributed by atoms with Crippen molar-refractivity contribution in [1.29, 1.82) is 0 Å². The van der Waals surface area contributed by atoms with Crippen LogP contribution in [0.25, 0.3) is 0 Å². The highest BCUT2D eigenvalue weighted by molar-refractivity contribution is 6.35. The highest BCUT2D eigenvalue weighted by atomic mass is 35.5. The molecule has 0 spiro atoms. The maximum Gasteiger partial charge on any atom is 0.347 e. The Balaban J connectivity index is 3.04. The van der Waals surface area contributed by atoms with E-state index in [9.17, 15) is 4.79 Å². The molecule has 0 aromatic heterocycles. The van der Waals surface area contributed by atoms with E-state index in [-0.39, 0.29) is 5.97 Å². The zero-order chi connectivity index (χ0) is 15.8. The molecule has 0 aliphatic heterocycles. The van der Waals surface area contributed by atoms with Crippen molar-refractivity contribution in [2.24, 2.45) is 0 Å². The maximum absolute atomic E-state index is 12.0. The van der Waals surface area contributed by atoms with Crippen LogP contribution in [-0.4, -0.2) is 25.7 Å². The third-order valence-electron chi connectivity index (χ3n) is 2.81. The molecule has 0 radical (unpaired) electrons. The summed E-state index contributed by atoms with van der Waals surface area (Å²) in [5, 5.41) is 3.94. The lowest BCUT2D eigenvalue weighted by molar-refractivity contribution is -0.151. The molecule has 1 rings (SSSR count). The zero-order valence-corrected chi connectivity index (χ0v) is 14.1. The van der Waals surface area contributed by atoms with E-state index < -0.39 is 6.10 Å². The van der Waals surface area contributed by atoms with Crippen LogP contribution >= 0.6 is 23.2 Å². The van der Waals surface area contributed by atoms with E-state index in [2.05, 4.69) is 5.32 Å². The van der Waals surface area contributed by atoms with Crippen molar-refractivity contribution >= 4 is 29.2 Å². The van der Waals surface area contributed by atoms with Crippen LogP contribution in [-0.2, 0) is 16.1 Å². The number of carbonyl (C=O) groups is 1. The van der Waals surface area contributed by atoms with Gasteiger partial charge in [0.1, 0.15) is 5.75 Å². The van der Waals surface area contributed by atoms with Gasteiger partial charge in [0.15, 0.2) is 6.10 Å². The van der Waals surface area contributed by atoms with Crippen molar-refractivity contribution in [3.05, 3.63) is 27.7 Å². The van der Waals surface area contributed by atoms with Crippen LogP contribution in [0.1, 0.15) is 32.3 Å². The summed E-state index contributed by atoms with van der Waals surface area (Å²) in [7, 11) is 1.81. The van der Waals surface area contributed by atoms with Crippen LogP contribution in [0.5, 0.6) is 5.75 Å². The summed E-state index contributed by atoms with van der Waals surface area (Å²) in [6, 6.07) is 3.37. The Morgan fingerprint density at radius 1 is 1.33 bits per heavy atom. The quantitative estimate of drug-likeness (QED) is 0.734. The first-order valence-corrected chi connectivity index (χ1v) is 7.74. The normalized spacial score (nSPS) is 12.0. The van der Waals surface area contributed by atoms with E-state index >= 15 is 0 Å². The average molecular weight is 334 g/mol. The number of hydrogen-bond acceptors (Lipinski definition) is 4. The highest BCUT2D eigenvalue weighted by Crippen LogP contribution is 2.33. The van der Waals surface area contributed by atoms with Crippen LogP contribution < -0.4 is 10.1 Å². The summed E-state index contributed by atoms with van der Waals surface area (Å²) in [5.74, 6) is 0.0997. The molecule has 0 saturated heterocycles. The predicted octanol–water partition coefficient (Wildman–Crippen LogP) is 3.82.